The minimum absolute atomic E-state index is 0.268. The number of rotatable bonds is 5. The highest BCUT2D eigenvalue weighted by Gasteiger charge is 2.24. The maximum atomic E-state index is 11.7. The molecule has 0 bridgehead atoms. The zero-order valence-corrected chi connectivity index (χ0v) is 11.6. The molecule has 0 fully saturated rings. The molecule has 106 valence electrons. The van der Waals surface area contributed by atoms with E-state index >= 15 is 0 Å². The third-order valence-electron chi connectivity index (χ3n) is 2.65. The van der Waals surface area contributed by atoms with Gasteiger partial charge in [-0.3, -0.25) is 0 Å². The summed E-state index contributed by atoms with van der Waals surface area (Å²) >= 11 is 5.94. The van der Waals surface area contributed by atoms with E-state index in [1.807, 2.05) is 6.92 Å². The Balaban J connectivity index is 2.85. The van der Waals surface area contributed by atoms with Crippen molar-refractivity contribution >= 4 is 23.6 Å². The Bertz CT molecular complexity index is 539. The number of nitrogens with one attached hydrogen (secondary N) is 2. The number of aliphatic carboxylic acids is 1. The van der Waals surface area contributed by atoms with Crippen molar-refractivity contribution in [2.24, 2.45) is 0 Å². The van der Waals surface area contributed by atoms with Crippen LogP contribution in [0.15, 0.2) is 24.3 Å². The molecule has 3 N–H and O–H groups in total. The normalized spacial score (nSPS) is 12.8. The van der Waals surface area contributed by atoms with Gasteiger partial charge in [0.2, 0.25) is 0 Å². The highest BCUT2D eigenvalue weighted by Crippen LogP contribution is 2.22. The van der Waals surface area contributed by atoms with Crippen molar-refractivity contribution < 1.29 is 14.7 Å². The van der Waals surface area contributed by atoms with E-state index in [0.717, 1.165) is 0 Å². The van der Waals surface area contributed by atoms with Crippen molar-refractivity contribution in [1.29, 1.82) is 0 Å². The Kier molecular flexibility index (Phi) is 5.88. The first-order valence-electron chi connectivity index (χ1n) is 6.00. The van der Waals surface area contributed by atoms with Crippen molar-refractivity contribution in [1.82, 2.24) is 10.6 Å². The lowest BCUT2D eigenvalue weighted by Crippen LogP contribution is -2.44. The van der Waals surface area contributed by atoms with Crippen LogP contribution in [-0.2, 0) is 4.79 Å². The van der Waals surface area contributed by atoms with Gasteiger partial charge in [-0.1, -0.05) is 42.6 Å². The SMILES string of the molecule is C#CC(CC)NC(=O)N[C@@H](C(=O)O)c1ccccc1Cl. The van der Waals surface area contributed by atoms with Gasteiger partial charge in [0.15, 0.2) is 6.04 Å². The van der Waals surface area contributed by atoms with E-state index in [-0.39, 0.29) is 5.02 Å². The Labute approximate surface area is 122 Å². The molecule has 20 heavy (non-hydrogen) atoms. The van der Waals surface area contributed by atoms with Crippen LogP contribution in [0.4, 0.5) is 4.79 Å². The molecule has 0 saturated carbocycles. The molecule has 1 rings (SSSR count). The number of urea groups is 1. The molecule has 0 radical (unpaired) electrons. The fraction of sp³-hybridized carbons (Fsp3) is 0.286. The minimum atomic E-state index is -1.24. The zero-order chi connectivity index (χ0) is 15.1. The second-order valence-corrected chi connectivity index (χ2v) is 4.45. The van der Waals surface area contributed by atoms with Gasteiger partial charge < -0.3 is 15.7 Å². The van der Waals surface area contributed by atoms with Crippen molar-refractivity contribution in [3.8, 4) is 12.3 Å². The van der Waals surface area contributed by atoms with E-state index in [1.54, 1.807) is 24.3 Å². The van der Waals surface area contributed by atoms with Crippen LogP contribution in [0.5, 0.6) is 0 Å². The molecule has 2 atom stereocenters. The molecule has 1 unspecified atom stereocenters. The molecule has 0 saturated heterocycles. The summed E-state index contributed by atoms with van der Waals surface area (Å²) in [5, 5.41) is 14.3. The molecule has 0 aromatic heterocycles. The van der Waals surface area contributed by atoms with Crippen LogP contribution in [0.25, 0.3) is 0 Å². The molecule has 1 aromatic carbocycles. The Morgan fingerprint density at radius 1 is 1.40 bits per heavy atom. The molecule has 0 aliphatic rings. The minimum Gasteiger partial charge on any atom is -0.479 e. The number of carboxylic acid groups (broad SMARTS) is 1. The van der Waals surface area contributed by atoms with Crippen molar-refractivity contribution in [2.75, 3.05) is 0 Å². The van der Waals surface area contributed by atoms with Crippen molar-refractivity contribution in [3.05, 3.63) is 34.9 Å². The molecule has 0 heterocycles. The highest BCUT2D eigenvalue weighted by atomic mass is 35.5. The fourth-order valence-electron chi connectivity index (χ4n) is 1.57. The van der Waals surface area contributed by atoms with Gasteiger partial charge in [-0.15, -0.1) is 6.42 Å². The molecule has 6 heteroatoms. The summed E-state index contributed by atoms with van der Waals surface area (Å²) in [6.07, 6.45) is 5.78. The Morgan fingerprint density at radius 3 is 2.55 bits per heavy atom. The molecule has 0 aliphatic carbocycles. The average Bonchev–Trinajstić information content (AvgIpc) is 2.43. The van der Waals surface area contributed by atoms with Gasteiger partial charge in [0, 0.05) is 10.6 Å². The van der Waals surface area contributed by atoms with Crippen LogP contribution in [0.2, 0.25) is 5.02 Å². The number of halogens is 1. The fourth-order valence-corrected chi connectivity index (χ4v) is 1.82. The quantitative estimate of drug-likeness (QED) is 0.728. The summed E-state index contributed by atoms with van der Waals surface area (Å²) in [5.74, 6) is 1.18. The first kappa shape index (κ1) is 15.9. The third kappa shape index (κ3) is 4.18. The van der Waals surface area contributed by atoms with Crippen LogP contribution in [-0.4, -0.2) is 23.1 Å². The summed E-state index contributed by atoms with van der Waals surface area (Å²) < 4.78 is 0. The summed E-state index contributed by atoms with van der Waals surface area (Å²) in [6, 6.07) is 4.09. The van der Waals surface area contributed by atoms with E-state index in [4.69, 9.17) is 18.0 Å². The van der Waals surface area contributed by atoms with E-state index in [1.165, 1.54) is 0 Å². The second-order valence-electron chi connectivity index (χ2n) is 4.04. The van der Waals surface area contributed by atoms with Gasteiger partial charge in [-0.2, -0.15) is 0 Å². The molecule has 0 aliphatic heterocycles. The predicted octanol–water partition coefficient (Wildman–Crippen LogP) is 2.18. The third-order valence-corrected chi connectivity index (χ3v) is 3.00. The van der Waals surface area contributed by atoms with Crippen molar-refractivity contribution in [3.63, 3.8) is 0 Å². The van der Waals surface area contributed by atoms with Crippen LogP contribution in [0.1, 0.15) is 24.9 Å². The standard InChI is InChI=1S/C14H15ClN2O3/c1-3-9(4-2)16-14(20)17-12(13(18)19)10-7-5-6-8-11(10)15/h1,5-9,12H,4H2,2H3,(H,18,19)(H2,16,17,20)/t9?,12-/m1/s1. The summed E-state index contributed by atoms with van der Waals surface area (Å²) in [5.41, 5.74) is 0.311. The summed E-state index contributed by atoms with van der Waals surface area (Å²) in [7, 11) is 0. The van der Waals surface area contributed by atoms with Gasteiger partial charge in [0.25, 0.3) is 0 Å². The Morgan fingerprint density at radius 2 is 2.05 bits per heavy atom. The number of carbonyl (C=O) groups is 2. The number of terminal acetylenes is 1. The first-order valence-corrected chi connectivity index (χ1v) is 6.37. The molecule has 1 aromatic rings. The van der Waals surface area contributed by atoms with Gasteiger partial charge in [-0.05, 0) is 12.5 Å². The maximum Gasteiger partial charge on any atom is 0.331 e. The van der Waals surface area contributed by atoms with Gasteiger partial charge in [0.1, 0.15) is 0 Å². The number of amides is 2. The smallest absolute Gasteiger partial charge is 0.331 e. The van der Waals surface area contributed by atoms with E-state index in [0.29, 0.717) is 12.0 Å². The monoisotopic (exact) mass is 294 g/mol. The zero-order valence-electron chi connectivity index (χ0n) is 10.9. The number of hydrogen-bond donors (Lipinski definition) is 3. The lowest BCUT2D eigenvalue weighted by Gasteiger charge is -2.18. The van der Waals surface area contributed by atoms with Crippen LogP contribution < -0.4 is 10.6 Å². The highest BCUT2D eigenvalue weighted by molar-refractivity contribution is 6.31. The molecular weight excluding hydrogens is 280 g/mol. The average molecular weight is 295 g/mol. The largest absolute Gasteiger partial charge is 0.479 e. The van der Waals surface area contributed by atoms with E-state index in [9.17, 15) is 14.7 Å². The van der Waals surface area contributed by atoms with Crippen LogP contribution in [0, 0.1) is 12.3 Å². The number of carbonyl (C=O) groups excluding carboxylic acids is 1. The number of carboxylic acids is 1. The van der Waals surface area contributed by atoms with Gasteiger partial charge >= 0.3 is 12.0 Å². The van der Waals surface area contributed by atoms with Gasteiger partial charge in [-0.25, -0.2) is 9.59 Å². The maximum absolute atomic E-state index is 11.7. The van der Waals surface area contributed by atoms with Crippen molar-refractivity contribution in [2.45, 2.75) is 25.4 Å². The molecule has 0 spiro atoms. The lowest BCUT2D eigenvalue weighted by molar-refractivity contribution is -0.139. The summed E-state index contributed by atoms with van der Waals surface area (Å²) in [4.78, 5) is 23.0. The van der Waals surface area contributed by atoms with E-state index < -0.39 is 24.1 Å². The summed E-state index contributed by atoms with van der Waals surface area (Å²) in [6.45, 7) is 1.81. The molecule has 2 amide bonds. The van der Waals surface area contributed by atoms with Crippen LogP contribution >= 0.6 is 11.6 Å². The second kappa shape index (κ2) is 7.41. The predicted molar refractivity (Wildman–Crippen MR) is 76.4 cm³/mol. The molecule has 5 nitrogen and oxygen atoms in total. The van der Waals surface area contributed by atoms with E-state index in [2.05, 4.69) is 16.6 Å². The number of hydrogen-bond acceptors (Lipinski definition) is 2. The van der Waals surface area contributed by atoms with Gasteiger partial charge in [0.05, 0.1) is 6.04 Å². The first-order chi connectivity index (χ1) is 9.49. The lowest BCUT2D eigenvalue weighted by atomic mass is 10.1. The topological polar surface area (TPSA) is 78.4 Å². The number of benzene rings is 1. The van der Waals surface area contributed by atoms with Crippen LogP contribution in [0.3, 0.4) is 0 Å². The molecular formula is C14H15ClN2O3. The Hall–Kier alpha value is -2.19.